The summed E-state index contributed by atoms with van der Waals surface area (Å²) in [4.78, 5) is 12.5. The van der Waals surface area contributed by atoms with Crippen molar-refractivity contribution >= 4 is 28.9 Å². The van der Waals surface area contributed by atoms with Gasteiger partial charge in [0.1, 0.15) is 11.5 Å². The highest BCUT2D eigenvalue weighted by Gasteiger charge is 2.22. The number of amides is 1. The number of carbonyl (C=O) groups excluding carboxylic acids is 1. The van der Waals surface area contributed by atoms with Crippen molar-refractivity contribution in [2.75, 3.05) is 17.2 Å². The van der Waals surface area contributed by atoms with Crippen LogP contribution in [-0.4, -0.2) is 12.5 Å². The van der Waals surface area contributed by atoms with E-state index >= 15 is 0 Å². The van der Waals surface area contributed by atoms with E-state index in [2.05, 4.69) is 10.6 Å². The molecule has 0 bridgehead atoms. The number of para-hydroxylation sites is 2. The van der Waals surface area contributed by atoms with E-state index in [0.29, 0.717) is 28.6 Å². The number of anilines is 2. The molecule has 0 radical (unpaired) electrons. The Morgan fingerprint density at radius 3 is 2.64 bits per heavy atom. The van der Waals surface area contributed by atoms with Gasteiger partial charge in [-0.3, -0.25) is 4.79 Å². The number of hydrogen-bond acceptors (Lipinski definition) is 4. The van der Waals surface area contributed by atoms with Crippen molar-refractivity contribution in [3.63, 3.8) is 0 Å². The summed E-state index contributed by atoms with van der Waals surface area (Å²) in [5.74, 6) is 1.16. The van der Waals surface area contributed by atoms with E-state index in [-0.39, 0.29) is 12.1 Å². The molecule has 4 rings (SSSR count). The molecule has 0 saturated carbocycles. The maximum absolute atomic E-state index is 12.5. The molecule has 1 amide bonds. The third kappa shape index (κ3) is 3.75. The van der Waals surface area contributed by atoms with Crippen LogP contribution in [0.2, 0.25) is 5.02 Å². The predicted octanol–water partition coefficient (Wildman–Crippen LogP) is 5.49. The lowest BCUT2D eigenvalue weighted by molar-refractivity contribution is 0.102. The Bertz CT molecular complexity index is 980. The number of hydrogen-bond donors (Lipinski definition) is 2. The maximum Gasteiger partial charge on any atom is 0.255 e. The second-order valence-electron chi connectivity index (χ2n) is 6.29. The zero-order valence-corrected chi connectivity index (χ0v) is 16.0. The van der Waals surface area contributed by atoms with Gasteiger partial charge >= 0.3 is 0 Å². The van der Waals surface area contributed by atoms with Gasteiger partial charge in [-0.15, -0.1) is 0 Å². The van der Waals surface area contributed by atoms with Crippen LogP contribution in [0.4, 0.5) is 11.4 Å². The Morgan fingerprint density at radius 1 is 1.14 bits per heavy atom. The quantitative estimate of drug-likeness (QED) is 0.600. The minimum atomic E-state index is -0.243. The van der Waals surface area contributed by atoms with Gasteiger partial charge in [0, 0.05) is 16.8 Å². The van der Waals surface area contributed by atoms with E-state index < -0.39 is 0 Å². The molecule has 3 aromatic carbocycles. The van der Waals surface area contributed by atoms with Gasteiger partial charge in [-0.1, -0.05) is 35.9 Å². The van der Waals surface area contributed by atoms with Gasteiger partial charge in [-0.05, 0) is 49.4 Å². The zero-order valence-electron chi connectivity index (χ0n) is 15.2. The Kier molecular flexibility index (Phi) is 5.08. The number of ether oxygens (including phenoxy) is 2. The predicted molar refractivity (Wildman–Crippen MR) is 110 cm³/mol. The fourth-order valence-electron chi connectivity index (χ4n) is 3.00. The van der Waals surface area contributed by atoms with Crippen LogP contribution in [0, 0.1) is 0 Å². The summed E-state index contributed by atoms with van der Waals surface area (Å²) in [7, 11) is 0. The van der Waals surface area contributed by atoms with Crippen LogP contribution < -0.4 is 20.1 Å². The molecule has 6 heteroatoms. The molecule has 0 fully saturated rings. The van der Waals surface area contributed by atoms with E-state index in [1.165, 1.54) is 0 Å². The molecule has 1 aliphatic rings. The third-order valence-corrected chi connectivity index (χ3v) is 4.68. The van der Waals surface area contributed by atoms with Crippen molar-refractivity contribution in [2.45, 2.75) is 13.2 Å². The van der Waals surface area contributed by atoms with Gasteiger partial charge in [0.2, 0.25) is 0 Å². The number of carbonyl (C=O) groups is 1. The molecule has 0 aliphatic carbocycles. The van der Waals surface area contributed by atoms with Crippen molar-refractivity contribution in [3.05, 3.63) is 82.9 Å². The first kappa shape index (κ1) is 18.2. The second kappa shape index (κ2) is 7.82. The normalized spacial score (nSPS) is 14.6. The molecule has 5 nitrogen and oxygen atoms in total. The average molecular weight is 395 g/mol. The monoisotopic (exact) mass is 394 g/mol. The van der Waals surface area contributed by atoms with Crippen LogP contribution in [-0.2, 0) is 0 Å². The first-order chi connectivity index (χ1) is 13.6. The van der Waals surface area contributed by atoms with Crippen LogP contribution in [0.3, 0.4) is 0 Å². The van der Waals surface area contributed by atoms with E-state index in [0.717, 1.165) is 17.0 Å². The number of fused-ring (bicyclic) bond motifs is 1. The molecule has 1 aliphatic heterocycles. The van der Waals surface area contributed by atoms with E-state index in [1.807, 2.05) is 55.5 Å². The highest BCUT2D eigenvalue weighted by atomic mass is 35.5. The Balaban J connectivity index is 1.42. The van der Waals surface area contributed by atoms with Gasteiger partial charge in [0.15, 0.2) is 6.23 Å². The first-order valence-corrected chi connectivity index (χ1v) is 9.37. The second-order valence-corrected chi connectivity index (χ2v) is 6.70. The van der Waals surface area contributed by atoms with Crippen molar-refractivity contribution < 1.29 is 14.3 Å². The highest BCUT2D eigenvalue weighted by molar-refractivity contribution is 6.32. The minimum Gasteiger partial charge on any atom is -0.492 e. The van der Waals surface area contributed by atoms with Crippen LogP contribution >= 0.6 is 11.6 Å². The van der Waals surface area contributed by atoms with Crippen LogP contribution in [0.1, 0.15) is 29.1 Å². The lowest BCUT2D eigenvalue weighted by Gasteiger charge is -2.13. The maximum atomic E-state index is 12.5. The summed E-state index contributed by atoms with van der Waals surface area (Å²) in [6.45, 7) is 2.40. The lowest BCUT2D eigenvalue weighted by atomic mass is 10.1. The van der Waals surface area contributed by atoms with Gasteiger partial charge in [0.25, 0.3) is 5.91 Å². The largest absolute Gasteiger partial charge is 0.492 e. The topological polar surface area (TPSA) is 59.6 Å². The molecule has 0 aromatic heterocycles. The average Bonchev–Trinajstić information content (AvgIpc) is 3.14. The van der Waals surface area contributed by atoms with Gasteiger partial charge < -0.3 is 20.1 Å². The van der Waals surface area contributed by atoms with Crippen LogP contribution in [0.15, 0.2) is 66.7 Å². The molecule has 0 spiro atoms. The summed E-state index contributed by atoms with van der Waals surface area (Å²) in [6, 6.07) is 20.3. The van der Waals surface area contributed by atoms with Gasteiger partial charge in [0.05, 0.1) is 17.3 Å². The molecule has 3 aromatic rings. The first-order valence-electron chi connectivity index (χ1n) is 9.00. The van der Waals surface area contributed by atoms with E-state index in [9.17, 15) is 4.79 Å². The fourth-order valence-corrected chi connectivity index (χ4v) is 3.23. The molecular weight excluding hydrogens is 376 g/mol. The lowest BCUT2D eigenvalue weighted by Crippen LogP contribution is -2.13. The molecule has 142 valence electrons. The standard InChI is InChI=1S/C22H19ClN2O3/c1-2-27-19-12-9-15(13-17(19)23)21(26)24-16-10-7-14(8-11-16)22-25-18-5-3-4-6-20(18)28-22/h3-13,22,25H,2H2,1H3,(H,24,26). The SMILES string of the molecule is CCOc1ccc(C(=O)Nc2ccc(C3Nc4ccccc4O3)cc2)cc1Cl. The summed E-state index contributed by atoms with van der Waals surface area (Å²) in [6.07, 6.45) is -0.243. The molecule has 28 heavy (non-hydrogen) atoms. The smallest absolute Gasteiger partial charge is 0.255 e. The minimum absolute atomic E-state index is 0.236. The summed E-state index contributed by atoms with van der Waals surface area (Å²) >= 11 is 6.16. The van der Waals surface area contributed by atoms with Crippen LogP contribution in [0.5, 0.6) is 11.5 Å². The number of halogens is 1. The molecule has 1 unspecified atom stereocenters. The highest BCUT2D eigenvalue weighted by Crippen LogP contribution is 2.37. The van der Waals surface area contributed by atoms with Crippen molar-refractivity contribution in [2.24, 2.45) is 0 Å². The third-order valence-electron chi connectivity index (χ3n) is 4.38. The summed E-state index contributed by atoms with van der Waals surface area (Å²) < 4.78 is 11.3. The van der Waals surface area contributed by atoms with Crippen molar-refractivity contribution in [3.8, 4) is 11.5 Å². The van der Waals surface area contributed by atoms with Crippen molar-refractivity contribution in [1.29, 1.82) is 0 Å². The molecule has 1 heterocycles. The molecule has 0 saturated heterocycles. The Hall–Kier alpha value is -3.18. The molecular formula is C22H19ClN2O3. The number of benzene rings is 3. The van der Waals surface area contributed by atoms with Crippen LogP contribution in [0.25, 0.3) is 0 Å². The van der Waals surface area contributed by atoms with Gasteiger partial charge in [-0.2, -0.15) is 0 Å². The fraction of sp³-hybridized carbons (Fsp3) is 0.136. The molecule has 1 atom stereocenters. The zero-order chi connectivity index (χ0) is 19.5. The Morgan fingerprint density at radius 2 is 1.93 bits per heavy atom. The summed E-state index contributed by atoms with van der Waals surface area (Å²) in [5, 5.41) is 6.61. The molecule has 2 N–H and O–H groups in total. The number of nitrogens with one attached hydrogen (secondary N) is 2. The Labute approximate surface area is 168 Å². The number of rotatable bonds is 5. The summed E-state index contributed by atoms with van der Waals surface area (Å²) in [5.41, 5.74) is 3.10. The van der Waals surface area contributed by atoms with E-state index in [1.54, 1.807) is 18.2 Å². The van der Waals surface area contributed by atoms with Crippen molar-refractivity contribution in [1.82, 2.24) is 0 Å². The van der Waals surface area contributed by atoms with Gasteiger partial charge in [-0.25, -0.2) is 0 Å². The van der Waals surface area contributed by atoms with E-state index in [4.69, 9.17) is 21.1 Å².